The number of ether oxygens (including phenoxy) is 1. The lowest BCUT2D eigenvalue weighted by Gasteiger charge is -2.05. The molecule has 1 N–H and O–H groups in total. The first-order chi connectivity index (χ1) is 6.72. The van der Waals surface area contributed by atoms with Crippen molar-refractivity contribution in [1.82, 2.24) is 0 Å². The van der Waals surface area contributed by atoms with Crippen molar-refractivity contribution in [2.75, 3.05) is 13.2 Å². The molecule has 0 aromatic heterocycles. The molecule has 1 atom stereocenters. The molecule has 1 unspecified atom stereocenters. The van der Waals surface area contributed by atoms with Crippen LogP contribution in [0.4, 0.5) is 0 Å². The van der Waals surface area contributed by atoms with Gasteiger partial charge in [-0.3, -0.25) is 4.79 Å². The summed E-state index contributed by atoms with van der Waals surface area (Å²) >= 11 is 0. The van der Waals surface area contributed by atoms with Gasteiger partial charge in [0, 0.05) is 13.2 Å². The molecule has 1 heterocycles. The van der Waals surface area contributed by atoms with Crippen LogP contribution in [0.2, 0.25) is 0 Å². The van der Waals surface area contributed by atoms with E-state index in [9.17, 15) is 4.79 Å². The first-order valence-electron chi connectivity index (χ1n) is 5.52. The van der Waals surface area contributed by atoms with Gasteiger partial charge in [-0.1, -0.05) is 20.3 Å². The summed E-state index contributed by atoms with van der Waals surface area (Å²) in [5.74, 6) is -0.769. The summed E-state index contributed by atoms with van der Waals surface area (Å²) in [5, 5.41) is 8.50. The van der Waals surface area contributed by atoms with Crippen LogP contribution in [0.25, 0.3) is 0 Å². The summed E-state index contributed by atoms with van der Waals surface area (Å²) in [7, 11) is 0. The Morgan fingerprint density at radius 3 is 2.07 bits per heavy atom. The minimum Gasteiger partial charge on any atom is -0.481 e. The molecule has 1 aliphatic rings. The number of carboxylic acid groups (broad SMARTS) is 1. The van der Waals surface area contributed by atoms with Crippen LogP contribution in [-0.2, 0) is 9.53 Å². The Labute approximate surface area is 86.5 Å². The Bertz CT molecular complexity index is 134. The van der Waals surface area contributed by atoms with Crippen molar-refractivity contribution in [3.8, 4) is 0 Å². The molecule has 0 aromatic rings. The second-order valence-corrected chi connectivity index (χ2v) is 3.55. The minimum absolute atomic E-state index is 0.116. The Morgan fingerprint density at radius 2 is 1.93 bits per heavy atom. The van der Waals surface area contributed by atoms with E-state index in [-0.39, 0.29) is 5.92 Å². The van der Waals surface area contributed by atoms with Crippen molar-refractivity contribution in [1.29, 1.82) is 0 Å². The molecule has 3 nitrogen and oxygen atoms in total. The van der Waals surface area contributed by atoms with Gasteiger partial charge >= 0.3 is 5.97 Å². The third kappa shape index (κ3) is 6.89. The molecule has 0 aliphatic carbocycles. The molecule has 0 spiro atoms. The van der Waals surface area contributed by atoms with E-state index in [1.807, 2.05) is 13.8 Å². The zero-order valence-electron chi connectivity index (χ0n) is 9.29. The van der Waals surface area contributed by atoms with Crippen molar-refractivity contribution in [2.45, 2.75) is 46.0 Å². The first-order valence-corrected chi connectivity index (χ1v) is 5.52. The van der Waals surface area contributed by atoms with E-state index in [4.69, 9.17) is 9.84 Å². The maximum atomic E-state index is 10.3. The largest absolute Gasteiger partial charge is 0.481 e. The quantitative estimate of drug-likeness (QED) is 0.762. The van der Waals surface area contributed by atoms with E-state index in [0.717, 1.165) is 32.5 Å². The minimum atomic E-state index is -0.653. The lowest BCUT2D eigenvalue weighted by molar-refractivity contribution is -0.142. The molecule has 1 fully saturated rings. The van der Waals surface area contributed by atoms with Crippen molar-refractivity contribution in [3.63, 3.8) is 0 Å². The van der Waals surface area contributed by atoms with Gasteiger partial charge in [0.1, 0.15) is 0 Å². The molecule has 14 heavy (non-hydrogen) atoms. The van der Waals surface area contributed by atoms with Gasteiger partial charge in [-0.2, -0.15) is 0 Å². The highest BCUT2D eigenvalue weighted by Crippen LogP contribution is 2.09. The van der Waals surface area contributed by atoms with Crippen LogP contribution >= 0.6 is 0 Å². The molecule has 0 saturated carbocycles. The third-order valence-corrected chi connectivity index (χ3v) is 2.31. The Balaban J connectivity index is 0.000000280. The zero-order chi connectivity index (χ0) is 10.8. The molecule has 0 radical (unpaired) electrons. The van der Waals surface area contributed by atoms with Crippen molar-refractivity contribution in [3.05, 3.63) is 0 Å². The summed E-state index contributed by atoms with van der Waals surface area (Å²) in [4.78, 5) is 10.3. The number of hydrogen-bond acceptors (Lipinski definition) is 2. The van der Waals surface area contributed by atoms with Gasteiger partial charge in [-0.15, -0.1) is 0 Å². The molecule has 84 valence electrons. The maximum absolute atomic E-state index is 10.3. The summed E-state index contributed by atoms with van der Waals surface area (Å²) < 4.78 is 4.94. The van der Waals surface area contributed by atoms with Crippen LogP contribution in [0.15, 0.2) is 0 Å². The van der Waals surface area contributed by atoms with E-state index in [0.29, 0.717) is 0 Å². The molecule has 1 rings (SSSR count). The molecule has 1 aliphatic heterocycles. The van der Waals surface area contributed by atoms with E-state index in [1.165, 1.54) is 12.8 Å². The second kappa shape index (κ2) is 9.00. The fourth-order valence-corrected chi connectivity index (χ4v) is 1.36. The van der Waals surface area contributed by atoms with E-state index >= 15 is 0 Å². The van der Waals surface area contributed by atoms with Gasteiger partial charge < -0.3 is 9.84 Å². The van der Waals surface area contributed by atoms with E-state index in [2.05, 4.69) is 0 Å². The third-order valence-electron chi connectivity index (χ3n) is 2.31. The molecule has 3 heteroatoms. The van der Waals surface area contributed by atoms with Crippen LogP contribution in [0.3, 0.4) is 0 Å². The van der Waals surface area contributed by atoms with Crippen molar-refractivity contribution >= 4 is 5.97 Å². The van der Waals surface area contributed by atoms with Crippen LogP contribution in [0.1, 0.15) is 46.0 Å². The highest BCUT2D eigenvalue weighted by Gasteiger charge is 2.12. The summed E-state index contributed by atoms with van der Waals surface area (Å²) in [5.41, 5.74) is 0. The standard InChI is InChI=1S/C7H14O2.C4H8O/c1-3-5-6(4-2)7(8)9;1-2-4-5-3-1/h6H,3-5H2,1-2H3,(H,8,9);1-4H2. The van der Waals surface area contributed by atoms with Gasteiger partial charge in [0.15, 0.2) is 0 Å². The van der Waals surface area contributed by atoms with Crippen LogP contribution in [0.5, 0.6) is 0 Å². The number of rotatable bonds is 4. The normalized spacial score (nSPS) is 17.0. The summed E-state index contributed by atoms with van der Waals surface area (Å²) in [6.07, 6.45) is 5.08. The molecular formula is C11H22O3. The highest BCUT2D eigenvalue weighted by atomic mass is 16.5. The fraction of sp³-hybridized carbons (Fsp3) is 0.909. The van der Waals surface area contributed by atoms with Crippen molar-refractivity contribution < 1.29 is 14.6 Å². The monoisotopic (exact) mass is 202 g/mol. The van der Waals surface area contributed by atoms with Gasteiger partial charge in [-0.05, 0) is 25.7 Å². The second-order valence-electron chi connectivity index (χ2n) is 3.55. The SMILES string of the molecule is C1CCOC1.CCCC(CC)C(=O)O. The van der Waals surface area contributed by atoms with Gasteiger partial charge in [0.05, 0.1) is 5.92 Å². The topological polar surface area (TPSA) is 46.5 Å². The molecule has 1 saturated heterocycles. The first kappa shape index (κ1) is 13.4. The Kier molecular flexibility index (Phi) is 8.64. The zero-order valence-corrected chi connectivity index (χ0v) is 9.29. The van der Waals surface area contributed by atoms with Crippen LogP contribution in [-0.4, -0.2) is 24.3 Å². The van der Waals surface area contributed by atoms with Gasteiger partial charge in [0.2, 0.25) is 0 Å². The highest BCUT2D eigenvalue weighted by molar-refractivity contribution is 5.69. The average molecular weight is 202 g/mol. The fourth-order valence-electron chi connectivity index (χ4n) is 1.36. The Hall–Kier alpha value is -0.570. The van der Waals surface area contributed by atoms with Crippen LogP contribution in [0, 0.1) is 5.92 Å². The van der Waals surface area contributed by atoms with Gasteiger partial charge in [0.25, 0.3) is 0 Å². The Morgan fingerprint density at radius 1 is 1.36 bits per heavy atom. The number of carbonyl (C=O) groups is 1. The number of aliphatic carboxylic acids is 1. The summed E-state index contributed by atoms with van der Waals surface area (Å²) in [6.45, 7) is 5.92. The van der Waals surface area contributed by atoms with E-state index < -0.39 is 5.97 Å². The number of hydrogen-bond donors (Lipinski definition) is 1. The predicted molar refractivity (Wildman–Crippen MR) is 56.4 cm³/mol. The predicted octanol–water partition coefficient (Wildman–Crippen LogP) is 2.69. The smallest absolute Gasteiger partial charge is 0.306 e. The van der Waals surface area contributed by atoms with Crippen molar-refractivity contribution in [2.24, 2.45) is 5.92 Å². The van der Waals surface area contributed by atoms with Gasteiger partial charge in [-0.25, -0.2) is 0 Å². The van der Waals surface area contributed by atoms with Crippen LogP contribution < -0.4 is 0 Å². The average Bonchev–Trinajstić information content (AvgIpc) is 2.71. The molecule has 0 amide bonds. The molecule has 0 aromatic carbocycles. The molecular weight excluding hydrogens is 180 g/mol. The lowest BCUT2D eigenvalue weighted by atomic mass is 10.0. The lowest BCUT2D eigenvalue weighted by Crippen LogP contribution is -2.11. The number of carboxylic acids is 1. The van der Waals surface area contributed by atoms with E-state index in [1.54, 1.807) is 0 Å². The summed E-state index contributed by atoms with van der Waals surface area (Å²) in [6, 6.07) is 0. The maximum Gasteiger partial charge on any atom is 0.306 e. The molecule has 0 bridgehead atoms.